The van der Waals surface area contributed by atoms with E-state index in [1.165, 1.54) is 10.8 Å². The molecule has 1 aliphatic rings. The second-order valence-electron chi connectivity index (χ2n) is 5.97. The van der Waals surface area contributed by atoms with Gasteiger partial charge in [-0.15, -0.1) is 0 Å². The largest absolute Gasteiger partial charge is 0.379 e. The topological polar surface area (TPSA) is 76.9 Å². The van der Waals surface area contributed by atoms with Crippen LogP contribution in [-0.2, 0) is 11.8 Å². The molecule has 0 spiro atoms. The van der Waals surface area contributed by atoms with Crippen molar-refractivity contribution in [3.8, 4) is 0 Å². The number of ether oxygens (including phenoxy) is 1. The predicted octanol–water partition coefficient (Wildman–Crippen LogP) is 2.73. The minimum Gasteiger partial charge on any atom is -0.379 e. The summed E-state index contributed by atoms with van der Waals surface area (Å²) in [6.07, 6.45) is 2.38. The predicted molar refractivity (Wildman–Crippen MR) is 88.7 cm³/mol. The van der Waals surface area contributed by atoms with E-state index in [-0.39, 0.29) is 12.0 Å². The number of fused-ring (bicyclic) bond motifs is 1. The van der Waals surface area contributed by atoms with E-state index in [9.17, 15) is 13.2 Å². The number of rotatable bonds is 4. The zero-order chi connectivity index (χ0) is 18.3. The molecular weight excluding hydrogens is 349 g/mol. The fourth-order valence-corrected chi connectivity index (χ4v) is 2.77. The Morgan fingerprint density at radius 1 is 1.19 bits per heavy atom. The first kappa shape index (κ1) is 16.6. The first-order valence-electron chi connectivity index (χ1n) is 7.96. The molecule has 10 heteroatoms. The van der Waals surface area contributed by atoms with Crippen molar-refractivity contribution < 1.29 is 17.9 Å². The summed E-state index contributed by atoms with van der Waals surface area (Å²) in [6.45, 7) is 1.27. The van der Waals surface area contributed by atoms with Crippen LogP contribution in [0.5, 0.6) is 0 Å². The summed E-state index contributed by atoms with van der Waals surface area (Å²) in [5.41, 5.74) is 0.442. The van der Waals surface area contributed by atoms with Crippen molar-refractivity contribution >= 4 is 28.7 Å². The molecule has 2 N–H and O–H groups in total. The smallest absolute Gasteiger partial charge is 0.225 e. The molecule has 0 radical (unpaired) electrons. The van der Waals surface area contributed by atoms with Crippen LogP contribution in [0.15, 0.2) is 18.3 Å². The van der Waals surface area contributed by atoms with Gasteiger partial charge in [-0.25, -0.2) is 23.1 Å². The van der Waals surface area contributed by atoms with Crippen LogP contribution >= 0.6 is 0 Å². The molecule has 7 nitrogen and oxygen atoms in total. The van der Waals surface area contributed by atoms with E-state index in [1.54, 1.807) is 7.05 Å². The molecule has 0 amide bonds. The van der Waals surface area contributed by atoms with E-state index >= 15 is 0 Å². The van der Waals surface area contributed by atoms with Crippen LogP contribution in [0, 0.1) is 17.5 Å². The average molecular weight is 364 g/mol. The molecule has 4 rings (SSSR count). The van der Waals surface area contributed by atoms with Crippen molar-refractivity contribution in [1.82, 2.24) is 19.5 Å². The van der Waals surface area contributed by atoms with Gasteiger partial charge in [0, 0.05) is 25.8 Å². The quantitative estimate of drug-likeness (QED) is 0.741. The molecule has 3 heterocycles. The number of hydrogen-bond donors (Lipinski definition) is 2. The standard InChI is InChI=1S/C16H15F3N6O/c1-25-14-12(6-20-15(24-14)21-9-2-3-26-7-9)22-16(25)23-13-10(18)4-8(17)5-11(13)19/h4-6,9H,2-3,7H2,1H3,(H,22,23)(H,20,21,24)/t9-/m1/s1. The molecule has 1 fully saturated rings. The first-order valence-corrected chi connectivity index (χ1v) is 7.96. The number of nitrogens with zero attached hydrogens (tertiary/aromatic N) is 4. The Balaban J connectivity index is 1.65. The summed E-state index contributed by atoms with van der Waals surface area (Å²) in [5, 5.41) is 5.72. The number of benzene rings is 1. The van der Waals surface area contributed by atoms with Crippen molar-refractivity contribution in [1.29, 1.82) is 0 Å². The lowest BCUT2D eigenvalue weighted by atomic mass is 10.3. The van der Waals surface area contributed by atoms with Gasteiger partial charge in [-0.05, 0) is 6.42 Å². The average Bonchev–Trinajstić information content (AvgIpc) is 3.20. The maximum absolute atomic E-state index is 13.8. The van der Waals surface area contributed by atoms with Gasteiger partial charge in [-0.2, -0.15) is 4.98 Å². The fourth-order valence-electron chi connectivity index (χ4n) is 2.77. The van der Waals surface area contributed by atoms with Gasteiger partial charge in [0.2, 0.25) is 11.9 Å². The van der Waals surface area contributed by atoms with Crippen LogP contribution in [0.4, 0.5) is 30.8 Å². The number of anilines is 3. The molecule has 1 saturated heterocycles. The Bertz CT molecular complexity index is 947. The Morgan fingerprint density at radius 3 is 2.65 bits per heavy atom. The molecule has 1 atom stereocenters. The lowest BCUT2D eigenvalue weighted by Gasteiger charge is -2.10. The molecule has 0 aliphatic carbocycles. The summed E-state index contributed by atoms with van der Waals surface area (Å²) in [6, 6.07) is 1.33. The monoisotopic (exact) mass is 364 g/mol. The summed E-state index contributed by atoms with van der Waals surface area (Å²) < 4.78 is 47.6. The van der Waals surface area contributed by atoms with Crippen molar-refractivity contribution in [3.05, 3.63) is 35.8 Å². The van der Waals surface area contributed by atoms with Gasteiger partial charge >= 0.3 is 0 Å². The Labute approximate surface area is 146 Å². The molecule has 1 aromatic carbocycles. The Morgan fingerprint density at radius 2 is 1.96 bits per heavy atom. The number of halogens is 3. The normalized spacial score (nSPS) is 17.0. The molecular formula is C16H15F3N6O. The third kappa shape index (κ3) is 3.03. The summed E-state index contributed by atoms with van der Waals surface area (Å²) in [5.74, 6) is -2.52. The van der Waals surface area contributed by atoms with Crippen LogP contribution in [0.3, 0.4) is 0 Å². The first-order chi connectivity index (χ1) is 12.5. The Kier molecular flexibility index (Phi) is 4.11. The van der Waals surface area contributed by atoms with Crippen LogP contribution in [0.2, 0.25) is 0 Å². The minimum absolute atomic E-state index is 0.140. The minimum atomic E-state index is -1.05. The summed E-state index contributed by atoms with van der Waals surface area (Å²) in [4.78, 5) is 12.8. The number of nitrogens with one attached hydrogen (secondary N) is 2. The van der Waals surface area contributed by atoms with E-state index in [0.29, 0.717) is 42.5 Å². The molecule has 0 bridgehead atoms. The van der Waals surface area contributed by atoms with Gasteiger partial charge in [0.15, 0.2) is 17.3 Å². The lowest BCUT2D eigenvalue weighted by molar-refractivity contribution is 0.195. The molecule has 0 saturated carbocycles. The summed E-state index contributed by atoms with van der Waals surface area (Å²) >= 11 is 0. The highest BCUT2D eigenvalue weighted by atomic mass is 19.1. The van der Waals surface area contributed by atoms with Crippen molar-refractivity contribution in [3.63, 3.8) is 0 Å². The van der Waals surface area contributed by atoms with Crippen LogP contribution < -0.4 is 10.6 Å². The van der Waals surface area contributed by atoms with Crippen LogP contribution in [0.25, 0.3) is 11.2 Å². The SMILES string of the molecule is Cn1c(Nc2c(F)cc(F)cc2F)nc2cnc(N[C@@H]3CCOC3)nc21. The number of imidazole rings is 1. The summed E-state index contributed by atoms with van der Waals surface area (Å²) in [7, 11) is 1.65. The van der Waals surface area contributed by atoms with E-state index in [4.69, 9.17) is 4.74 Å². The van der Waals surface area contributed by atoms with Crippen molar-refractivity contribution in [2.24, 2.45) is 7.05 Å². The van der Waals surface area contributed by atoms with E-state index in [2.05, 4.69) is 25.6 Å². The zero-order valence-corrected chi connectivity index (χ0v) is 13.8. The van der Waals surface area contributed by atoms with Gasteiger partial charge in [0.1, 0.15) is 17.0 Å². The second kappa shape index (κ2) is 6.45. The van der Waals surface area contributed by atoms with Gasteiger partial charge in [-0.3, -0.25) is 4.57 Å². The molecule has 1 aliphatic heterocycles. The van der Waals surface area contributed by atoms with Crippen molar-refractivity contribution in [2.45, 2.75) is 12.5 Å². The van der Waals surface area contributed by atoms with Gasteiger partial charge in [0.05, 0.1) is 18.8 Å². The number of hydrogen-bond acceptors (Lipinski definition) is 6. The molecule has 0 unspecified atom stereocenters. The van der Waals surface area contributed by atoms with Crippen LogP contribution in [-0.4, -0.2) is 38.8 Å². The highest BCUT2D eigenvalue weighted by molar-refractivity contribution is 5.76. The molecule has 136 valence electrons. The molecule has 26 heavy (non-hydrogen) atoms. The Hall–Kier alpha value is -2.88. The van der Waals surface area contributed by atoms with Gasteiger partial charge < -0.3 is 15.4 Å². The highest BCUT2D eigenvalue weighted by Gasteiger charge is 2.19. The third-order valence-electron chi connectivity index (χ3n) is 4.12. The zero-order valence-electron chi connectivity index (χ0n) is 13.8. The molecule has 3 aromatic rings. The van der Waals surface area contributed by atoms with E-state index < -0.39 is 23.1 Å². The maximum Gasteiger partial charge on any atom is 0.225 e. The maximum atomic E-state index is 13.8. The van der Waals surface area contributed by atoms with E-state index in [0.717, 1.165) is 6.42 Å². The fraction of sp³-hybridized carbons (Fsp3) is 0.312. The number of aromatic nitrogens is 4. The highest BCUT2D eigenvalue weighted by Crippen LogP contribution is 2.26. The van der Waals surface area contributed by atoms with Gasteiger partial charge in [0.25, 0.3) is 0 Å². The third-order valence-corrected chi connectivity index (χ3v) is 4.12. The van der Waals surface area contributed by atoms with E-state index in [1.807, 2.05) is 0 Å². The lowest BCUT2D eigenvalue weighted by Crippen LogP contribution is -2.20. The number of aryl methyl sites for hydroxylation is 1. The molecule has 2 aromatic heterocycles. The van der Waals surface area contributed by atoms with Crippen molar-refractivity contribution in [2.75, 3.05) is 23.8 Å². The van der Waals surface area contributed by atoms with Crippen LogP contribution in [0.1, 0.15) is 6.42 Å². The second-order valence-corrected chi connectivity index (χ2v) is 5.97. The van der Waals surface area contributed by atoms with Gasteiger partial charge in [-0.1, -0.05) is 0 Å².